The molecule has 2 heterocycles. The minimum absolute atomic E-state index is 0.0322. The Kier molecular flexibility index (Phi) is 6.46. The summed E-state index contributed by atoms with van der Waals surface area (Å²) in [5.74, 6) is -0.753. The van der Waals surface area contributed by atoms with Crippen LogP contribution in [-0.2, 0) is 6.54 Å². The third-order valence-corrected chi connectivity index (χ3v) is 6.29. The van der Waals surface area contributed by atoms with Crippen LogP contribution in [0.15, 0.2) is 36.4 Å². The first-order valence-corrected chi connectivity index (χ1v) is 10.9. The van der Waals surface area contributed by atoms with E-state index in [4.69, 9.17) is 11.6 Å². The largest absolute Gasteiger partial charge is 0.507 e. The maximum Gasteiger partial charge on any atom is 0.258 e. The van der Waals surface area contributed by atoms with Gasteiger partial charge < -0.3 is 20.4 Å². The van der Waals surface area contributed by atoms with Crippen molar-refractivity contribution in [1.82, 2.24) is 15.1 Å². The van der Waals surface area contributed by atoms with Gasteiger partial charge in [-0.05, 0) is 49.5 Å². The molecule has 4 rings (SSSR count). The quantitative estimate of drug-likeness (QED) is 0.693. The maximum atomic E-state index is 13.2. The second-order valence-corrected chi connectivity index (χ2v) is 8.51. The van der Waals surface area contributed by atoms with E-state index >= 15 is 0 Å². The molecule has 1 atom stereocenters. The third-order valence-electron chi connectivity index (χ3n) is 5.98. The van der Waals surface area contributed by atoms with Crippen LogP contribution in [-0.4, -0.2) is 58.6 Å². The molecule has 2 aromatic rings. The van der Waals surface area contributed by atoms with Gasteiger partial charge in [0.1, 0.15) is 11.5 Å². The summed E-state index contributed by atoms with van der Waals surface area (Å²) in [6.45, 7) is 5.76. The molecule has 30 heavy (non-hydrogen) atoms. The summed E-state index contributed by atoms with van der Waals surface area (Å²) in [6.07, 6.45) is 2.95. The molecule has 1 unspecified atom stereocenters. The minimum Gasteiger partial charge on any atom is -0.507 e. The Labute approximate surface area is 182 Å². The van der Waals surface area contributed by atoms with Crippen molar-refractivity contribution in [3.05, 3.63) is 58.1 Å². The molecule has 2 aliphatic rings. The van der Waals surface area contributed by atoms with E-state index < -0.39 is 0 Å². The van der Waals surface area contributed by atoms with E-state index in [1.54, 1.807) is 4.90 Å². The van der Waals surface area contributed by atoms with Crippen molar-refractivity contribution in [1.29, 1.82) is 0 Å². The average Bonchev–Trinajstić information content (AvgIpc) is 3.09. The fourth-order valence-corrected chi connectivity index (χ4v) is 4.61. The predicted octanol–water partition coefficient (Wildman–Crippen LogP) is 3.52. The Morgan fingerprint density at radius 2 is 1.93 bits per heavy atom. The Morgan fingerprint density at radius 1 is 1.07 bits per heavy atom. The van der Waals surface area contributed by atoms with Gasteiger partial charge in [0.2, 0.25) is 0 Å². The molecule has 0 aromatic heterocycles. The Hall–Kier alpha value is -2.28. The number of hydrogen-bond acceptors (Lipinski definition) is 5. The summed E-state index contributed by atoms with van der Waals surface area (Å²) < 4.78 is 0. The SMILES string of the molecule is O=C(c1cc(Cl)c(O)cc1O)N1CCCC1c1cccc(CN2CCCNCC2)c1. The monoisotopic (exact) mass is 429 g/mol. The van der Waals surface area contributed by atoms with Gasteiger partial charge in [-0.3, -0.25) is 9.69 Å². The normalized spacial score (nSPS) is 20.3. The van der Waals surface area contributed by atoms with Crippen LogP contribution in [0.4, 0.5) is 0 Å². The van der Waals surface area contributed by atoms with E-state index in [9.17, 15) is 15.0 Å². The molecular formula is C23H28ClN3O3. The number of likely N-dealkylation sites (tertiary alicyclic amines) is 1. The van der Waals surface area contributed by atoms with Crippen molar-refractivity contribution in [2.45, 2.75) is 31.8 Å². The van der Waals surface area contributed by atoms with E-state index in [1.165, 1.54) is 11.6 Å². The standard InChI is InChI=1S/C23H28ClN3O3/c24-19-13-18(21(28)14-22(19)29)23(30)27-10-2-6-20(27)17-5-1-4-16(12-17)15-26-9-3-7-25-8-11-26/h1,4-5,12-14,20,25,28-29H,2-3,6-11,15H2. The Bertz CT molecular complexity index is 913. The van der Waals surface area contributed by atoms with Crippen molar-refractivity contribution in [3.63, 3.8) is 0 Å². The zero-order valence-electron chi connectivity index (χ0n) is 17.0. The van der Waals surface area contributed by atoms with Gasteiger partial charge in [-0.1, -0.05) is 35.9 Å². The molecule has 2 aliphatic heterocycles. The number of amides is 1. The number of nitrogens with zero attached hydrogens (tertiary/aromatic N) is 2. The lowest BCUT2D eigenvalue weighted by Crippen LogP contribution is -2.31. The number of aromatic hydroxyl groups is 2. The summed E-state index contributed by atoms with van der Waals surface area (Å²) >= 11 is 5.97. The molecule has 0 radical (unpaired) electrons. The lowest BCUT2D eigenvalue weighted by molar-refractivity contribution is 0.0732. The summed E-state index contributed by atoms with van der Waals surface area (Å²) in [5.41, 5.74) is 2.50. The molecule has 2 saturated heterocycles. The number of carbonyl (C=O) groups is 1. The Balaban J connectivity index is 1.53. The molecular weight excluding hydrogens is 402 g/mol. The van der Waals surface area contributed by atoms with Gasteiger partial charge in [0.25, 0.3) is 5.91 Å². The molecule has 7 heteroatoms. The molecule has 160 valence electrons. The van der Waals surface area contributed by atoms with E-state index in [0.29, 0.717) is 6.54 Å². The molecule has 0 spiro atoms. The Morgan fingerprint density at radius 3 is 2.80 bits per heavy atom. The number of halogens is 1. The second kappa shape index (κ2) is 9.25. The smallest absolute Gasteiger partial charge is 0.258 e. The second-order valence-electron chi connectivity index (χ2n) is 8.10. The van der Waals surface area contributed by atoms with E-state index in [-0.39, 0.29) is 34.0 Å². The minimum atomic E-state index is -0.263. The van der Waals surface area contributed by atoms with Crippen LogP contribution >= 0.6 is 11.6 Å². The van der Waals surface area contributed by atoms with Gasteiger partial charge in [-0.25, -0.2) is 0 Å². The number of hydrogen-bond donors (Lipinski definition) is 3. The van der Waals surface area contributed by atoms with Crippen LogP contribution in [0.3, 0.4) is 0 Å². The number of rotatable bonds is 4. The highest BCUT2D eigenvalue weighted by Crippen LogP contribution is 2.37. The summed E-state index contributed by atoms with van der Waals surface area (Å²) in [7, 11) is 0. The summed E-state index contributed by atoms with van der Waals surface area (Å²) in [4.78, 5) is 17.4. The van der Waals surface area contributed by atoms with Crippen LogP contribution < -0.4 is 5.32 Å². The molecule has 0 aliphatic carbocycles. The van der Waals surface area contributed by atoms with Crippen molar-refractivity contribution in [2.75, 3.05) is 32.7 Å². The van der Waals surface area contributed by atoms with Gasteiger partial charge in [0, 0.05) is 32.2 Å². The van der Waals surface area contributed by atoms with Crippen molar-refractivity contribution < 1.29 is 15.0 Å². The van der Waals surface area contributed by atoms with Crippen molar-refractivity contribution in [3.8, 4) is 11.5 Å². The summed E-state index contributed by atoms with van der Waals surface area (Å²) in [6, 6.07) is 10.9. The zero-order chi connectivity index (χ0) is 21.1. The molecule has 0 bridgehead atoms. The molecule has 6 nitrogen and oxygen atoms in total. The van der Waals surface area contributed by atoms with Crippen LogP contribution in [0.1, 0.15) is 46.8 Å². The first-order valence-electron chi connectivity index (χ1n) is 10.6. The van der Waals surface area contributed by atoms with E-state index in [0.717, 1.165) is 63.6 Å². The van der Waals surface area contributed by atoms with Crippen molar-refractivity contribution >= 4 is 17.5 Å². The van der Waals surface area contributed by atoms with Gasteiger partial charge in [0.05, 0.1) is 16.6 Å². The van der Waals surface area contributed by atoms with Crippen LogP contribution in [0.25, 0.3) is 0 Å². The predicted molar refractivity (Wildman–Crippen MR) is 117 cm³/mol. The van der Waals surface area contributed by atoms with E-state index in [1.807, 2.05) is 0 Å². The number of carbonyl (C=O) groups excluding carboxylic acids is 1. The van der Waals surface area contributed by atoms with Crippen LogP contribution in [0, 0.1) is 0 Å². The lowest BCUT2D eigenvalue weighted by atomic mass is 10.0. The number of nitrogens with one attached hydrogen (secondary N) is 1. The highest BCUT2D eigenvalue weighted by atomic mass is 35.5. The average molecular weight is 430 g/mol. The highest BCUT2D eigenvalue weighted by Gasteiger charge is 2.32. The number of phenolic OH excluding ortho intramolecular Hbond substituents is 2. The first kappa shape index (κ1) is 21.0. The highest BCUT2D eigenvalue weighted by molar-refractivity contribution is 6.32. The summed E-state index contributed by atoms with van der Waals surface area (Å²) in [5, 5.41) is 23.3. The molecule has 3 N–H and O–H groups in total. The molecule has 0 saturated carbocycles. The maximum absolute atomic E-state index is 13.2. The zero-order valence-corrected chi connectivity index (χ0v) is 17.7. The fourth-order valence-electron chi connectivity index (χ4n) is 4.45. The first-order chi connectivity index (χ1) is 14.5. The number of phenols is 2. The van der Waals surface area contributed by atoms with Gasteiger partial charge in [0.15, 0.2) is 0 Å². The molecule has 2 fully saturated rings. The van der Waals surface area contributed by atoms with Gasteiger partial charge in [-0.2, -0.15) is 0 Å². The van der Waals surface area contributed by atoms with Crippen LogP contribution in [0.5, 0.6) is 11.5 Å². The van der Waals surface area contributed by atoms with E-state index in [2.05, 4.69) is 34.5 Å². The van der Waals surface area contributed by atoms with Gasteiger partial charge in [-0.15, -0.1) is 0 Å². The topological polar surface area (TPSA) is 76.0 Å². The van der Waals surface area contributed by atoms with Gasteiger partial charge >= 0.3 is 0 Å². The fraction of sp³-hybridized carbons (Fsp3) is 0.435. The van der Waals surface area contributed by atoms with Crippen molar-refractivity contribution in [2.24, 2.45) is 0 Å². The van der Waals surface area contributed by atoms with Crippen LogP contribution in [0.2, 0.25) is 5.02 Å². The lowest BCUT2D eigenvalue weighted by Gasteiger charge is -2.26. The molecule has 2 aromatic carbocycles. The number of benzene rings is 2. The third kappa shape index (κ3) is 4.56. The molecule has 1 amide bonds.